The van der Waals surface area contributed by atoms with Gasteiger partial charge in [0.15, 0.2) is 0 Å². The highest BCUT2D eigenvalue weighted by Crippen LogP contribution is 2.30. The van der Waals surface area contributed by atoms with Gasteiger partial charge in [-0.1, -0.05) is 23.7 Å². The van der Waals surface area contributed by atoms with Crippen molar-refractivity contribution in [3.05, 3.63) is 53.1 Å². The van der Waals surface area contributed by atoms with Crippen molar-refractivity contribution < 1.29 is 9.53 Å². The van der Waals surface area contributed by atoms with E-state index in [2.05, 4.69) is 10.2 Å². The third kappa shape index (κ3) is 3.42. The first-order chi connectivity index (χ1) is 11.2. The molecule has 0 atom stereocenters. The van der Waals surface area contributed by atoms with E-state index >= 15 is 0 Å². The topological polar surface area (TPSA) is 41.6 Å². The van der Waals surface area contributed by atoms with Gasteiger partial charge in [0.25, 0.3) is 5.91 Å². The summed E-state index contributed by atoms with van der Waals surface area (Å²) in [6.45, 7) is 2.06. The number of ether oxygens (including phenoxy) is 1. The highest BCUT2D eigenvalue weighted by molar-refractivity contribution is 6.32. The predicted molar refractivity (Wildman–Crippen MR) is 93.8 cm³/mol. The first kappa shape index (κ1) is 15.7. The van der Waals surface area contributed by atoms with Crippen molar-refractivity contribution in [3.63, 3.8) is 0 Å². The molecule has 4 nitrogen and oxygen atoms in total. The standard InChI is InChI=1S/C18H19ClN2O2/c1-23-17-9-8-13(12-14(17)19)18(22)20-15-6-2-3-7-16(15)21-10-4-5-11-21/h2-3,6-9,12H,4-5,10-11H2,1H3,(H,20,22). The summed E-state index contributed by atoms with van der Waals surface area (Å²) >= 11 is 6.10. The maximum absolute atomic E-state index is 12.5. The van der Waals surface area contributed by atoms with Gasteiger partial charge in [0.1, 0.15) is 5.75 Å². The largest absolute Gasteiger partial charge is 0.495 e. The lowest BCUT2D eigenvalue weighted by atomic mass is 10.2. The van der Waals surface area contributed by atoms with Gasteiger partial charge in [0.2, 0.25) is 0 Å². The molecule has 1 N–H and O–H groups in total. The molecule has 0 bridgehead atoms. The molecule has 0 aromatic heterocycles. The molecular weight excluding hydrogens is 312 g/mol. The van der Waals surface area contributed by atoms with Crippen LogP contribution in [-0.4, -0.2) is 26.1 Å². The number of nitrogens with zero attached hydrogens (tertiary/aromatic N) is 1. The van der Waals surface area contributed by atoms with Crippen LogP contribution in [-0.2, 0) is 0 Å². The second-order valence-electron chi connectivity index (χ2n) is 5.51. The Morgan fingerprint density at radius 2 is 1.91 bits per heavy atom. The first-order valence-electron chi connectivity index (χ1n) is 7.68. The van der Waals surface area contributed by atoms with Gasteiger partial charge in [-0.2, -0.15) is 0 Å². The molecule has 2 aromatic rings. The Morgan fingerprint density at radius 1 is 1.17 bits per heavy atom. The van der Waals surface area contributed by atoms with E-state index in [-0.39, 0.29) is 5.91 Å². The van der Waals surface area contributed by atoms with Gasteiger partial charge >= 0.3 is 0 Å². The second kappa shape index (κ2) is 6.92. The number of hydrogen-bond donors (Lipinski definition) is 1. The number of methoxy groups -OCH3 is 1. The third-order valence-corrected chi connectivity index (χ3v) is 4.31. The Hall–Kier alpha value is -2.20. The Balaban J connectivity index is 1.81. The predicted octanol–water partition coefficient (Wildman–Crippen LogP) is 4.20. The van der Waals surface area contributed by atoms with Crippen LogP contribution in [0.1, 0.15) is 23.2 Å². The van der Waals surface area contributed by atoms with Gasteiger partial charge in [-0.3, -0.25) is 4.79 Å². The van der Waals surface area contributed by atoms with Crippen molar-refractivity contribution in [2.45, 2.75) is 12.8 Å². The monoisotopic (exact) mass is 330 g/mol. The molecule has 0 saturated carbocycles. The molecule has 120 valence electrons. The number of carbonyl (C=O) groups excluding carboxylic acids is 1. The molecule has 1 heterocycles. The fourth-order valence-electron chi connectivity index (χ4n) is 2.82. The lowest BCUT2D eigenvalue weighted by Crippen LogP contribution is -2.21. The van der Waals surface area contributed by atoms with Gasteiger partial charge in [-0.15, -0.1) is 0 Å². The second-order valence-corrected chi connectivity index (χ2v) is 5.92. The minimum Gasteiger partial charge on any atom is -0.495 e. The minimum absolute atomic E-state index is 0.179. The molecule has 0 unspecified atom stereocenters. The lowest BCUT2D eigenvalue weighted by molar-refractivity contribution is 0.102. The summed E-state index contributed by atoms with van der Waals surface area (Å²) in [5.74, 6) is 0.377. The molecule has 1 aliphatic rings. The lowest BCUT2D eigenvalue weighted by Gasteiger charge is -2.21. The van der Waals surface area contributed by atoms with Crippen molar-refractivity contribution in [3.8, 4) is 5.75 Å². The number of para-hydroxylation sites is 2. The normalized spacial score (nSPS) is 13.9. The number of amides is 1. The smallest absolute Gasteiger partial charge is 0.255 e. The van der Waals surface area contributed by atoms with Crippen LogP contribution in [0.2, 0.25) is 5.02 Å². The third-order valence-electron chi connectivity index (χ3n) is 4.01. The summed E-state index contributed by atoms with van der Waals surface area (Å²) in [6.07, 6.45) is 2.38. The van der Waals surface area contributed by atoms with Crippen LogP contribution in [0.5, 0.6) is 5.75 Å². The van der Waals surface area contributed by atoms with Crippen LogP contribution >= 0.6 is 11.6 Å². The van der Waals surface area contributed by atoms with Gasteiger partial charge < -0.3 is 15.0 Å². The van der Waals surface area contributed by atoms with Crippen molar-refractivity contribution in [1.29, 1.82) is 0 Å². The van der Waals surface area contributed by atoms with Crippen molar-refractivity contribution in [2.24, 2.45) is 0 Å². The van der Waals surface area contributed by atoms with Crippen LogP contribution in [0.25, 0.3) is 0 Å². The number of benzene rings is 2. The summed E-state index contributed by atoms with van der Waals surface area (Å²) in [6, 6.07) is 12.9. The Bertz CT molecular complexity index is 712. The molecular formula is C18H19ClN2O2. The molecule has 2 aromatic carbocycles. The average Bonchev–Trinajstić information content (AvgIpc) is 3.09. The van der Waals surface area contributed by atoms with Crippen LogP contribution < -0.4 is 15.0 Å². The Morgan fingerprint density at radius 3 is 2.61 bits per heavy atom. The SMILES string of the molecule is COc1ccc(C(=O)Nc2ccccc2N2CCCC2)cc1Cl. The number of nitrogens with one attached hydrogen (secondary N) is 1. The maximum atomic E-state index is 12.5. The van der Waals surface area contributed by atoms with E-state index in [1.165, 1.54) is 12.8 Å². The fraction of sp³-hybridized carbons (Fsp3) is 0.278. The fourth-order valence-corrected chi connectivity index (χ4v) is 3.07. The molecule has 0 aliphatic carbocycles. The van der Waals surface area contributed by atoms with Crippen molar-refractivity contribution in [1.82, 2.24) is 0 Å². The minimum atomic E-state index is -0.179. The van der Waals surface area contributed by atoms with Crippen molar-refractivity contribution in [2.75, 3.05) is 30.4 Å². The summed E-state index contributed by atoms with van der Waals surface area (Å²) in [4.78, 5) is 14.8. The van der Waals surface area contributed by atoms with Crippen LogP contribution in [0.4, 0.5) is 11.4 Å². The number of rotatable bonds is 4. The number of carbonyl (C=O) groups is 1. The van der Waals surface area contributed by atoms with Gasteiger partial charge in [0, 0.05) is 18.7 Å². The Kier molecular flexibility index (Phi) is 4.72. The van der Waals surface area contributed by atoms with Crippen molar-refractivity contribution >= 4 is 28.9 Å². The van der Waals surface area contributed by atoms with Gasteiger partial charge in [-0.25, -0.2) is 0 Å². The van der Waals surface area contributed by atoms with E-state index in [4.69, 9.17) is 16.3 Å². The molecule has 1 fully saturated rings. The molecule has 1 saturated heterocycles. The molecule has 23 heavy (non-hydrogen) atoms. The van der Waals surface area contributed by atoms with E-state index in [9.17, 15) is 4.79 Å². The molecule has 0 radical (unpaired) electrons. The van der Waals surface area contributed by atoms with E-state index in [1.54, 1.807) is 25.3 Å². The number of halogens is 1. The van der Waals surface area contributed by atoms with Crippen LogP contribution in [0.3, 0.4) is 0 Å². The maximum Gasteiger partial charge on any atom is 0.255 e. The number of anilines is 2. The quantitative estimate of drug-likeness (QED) is 0.913. The molecule has 1 amide bonds. The summed E-state index contributed by atoms with van der Waals surface area (Å²) < 4.78 is 5.11. The summed E-state index contributed by atoms with van der Waals surface area (Å²) in [5.41, 5.74) is 2.40. The zero-order chi connectivity index (χ0) is 16.2. The zero-order valence-corrected chi connectivity index (χ0v) is 13.8. The molecule has 1 aliphatic heterocycles. The average molecular weight is 331 g/mol. The van der Waals surface area contributed by atoms with Gasteiger partial charge in [0.05, 0.1) is 23.5 Å². The molecule has 0 spiro atoms. The highest BCUT2D eigenvalue weighted by Gasteiger charge is 2.17. The Labute approximate surface area is 141 Å². The first-order valence-corrected chi connectivity index (χ1v) is 8.05. The van der Waals surface area contributed by atoms with E-state index < -0.39 is 0 Å². The zero-order valence-electron chi connectivity index (χ0n) is 13.0. The molecule has 5 heteroatoms. The highest BCUT2D eigenvalue weighted by atomic mass is 35.5. The van der Waals surface area contributed by atoms with E-state index in [0.717, 1.165) is 24.5 Å². The summed E-state index contributed by atoms with van der Waals surface area (Å²) in [7, 11) is 1.55. The van der Waals surface area contributed by atoms with E-state index in [0.29, 0.717) is 16.3 Å². The van der Waals surface area contributed by atoms with Crippen LogP contribution in [0.15, 0.2) is 42.5 Å². The number of hydrogen-bond acceptors (Lipinski definition) is 3. The van der Waals surface area contributed by atoms with Gasteiger partial charge in [-0.05, 0) is 43.2 Å². The molecule has 3 rings (SSSR count). The summed E-state index contributed by atoms with van der Waals surface area (Å²) in [5, 5.41) is 3.41. The van der Waals surface area contributed by atoms with E-state index in [1.807, 2.05) is 24.3 Å². The van der Waals surface area contributed by atoms with Crippen LogP contribution in [0, 0.1) is 0 Å².